The number of hydrogen-bond acceptors (Lipinski definition) is 3. The molecule has 0 radical (unpaired) electrons. The molecule has 0 saturated heterocycles. The van der Waals surface area contributed by atoms with Crippen LogP contribution in [0.4, 0.5) is 5.69 Å². The number of hydrogen-bond donors (Lipinski definition) is 0. The van der Waals surface area contributed by atoms with E-state index in [4.69, 9.17) is 4.74 Å². The lowest BCUT2D eigenvalue weighted by atomic mass is 9.99. The van der Waals surface area contributed by atoms with E-state index in [1.54, 1.807) is 0 Å². The van der Waals surface area contributed by atoms with Gasteiger partial charge in [-0.15, -0.1) is 0 Å². The van der Waals surface area contributed by atoms with Crippen molar-refractivity contribution in [2.75, 3.05) is 24.6 Å². The van der Waals surface area contributed by atoms with Gasteiger partial charge < -0.3 is 9.64 Å². The highest BCUT2D eigenvalue weighted by molar-refractivity contribution is 6.04. The Morgan fingerprint density at radius 1 is 1.29 bits per heavy atom. The van der Waals surface area contributed by atoms with E-state index in [1.807, 2.05) is 18.2 Å². The average molecular weight is 189 g/mol. The molecule has 0 bridgehead atoms. The van der Waals surface area contributed by atoms with Crippen molar-refractivity contribution in [3.8, 4) is 5.75 Å². The van der Waals surface area contributed by atoms with E-state index >= 15 is 0 Å². The summed E-state index contributed by atoms with van der Waals surface area (Å²) in [5, 5.41) is 0. The van der Waals surface area contributed by atoms with Gasteiger partial charge in [-0.1, -0.05) is 6.07 Å². The van der Waals surface area contributed by atoms with Crippen LogP contribution in [0.2, 0.25) is 0 Å². The molecule has 0 amide bonds. The zero-order chi connectivity index (χ0) is 9.54. The summed E-state index contributed by atoms with van der Waals surface area (Å²) < 4.78 is 5.52. The zero-order valence-corrected chi connectivity index (χ0v) is 7.82. The van der Waals surface area contributed by atoms with Crippen molar-refractivity contribution in [2.45, 2.75) is 6.42 Å². The van der Waals surface area contributed by atoms with Gasteiger partial charge in [0.1, 0.15) is 12.4 Å². The molecular formula is C11H11NO2. The molecule has 2 aliphatic rings. The summed E-state index contributed by atoms with van der Waals surface area (Å²) in [5.74, 6) is 1.10. The van der Waals surface area contributed by atoms with Crippen LogP contribution in [-0.2, 0) is 0 Å². The number of anilines is 1. The van der Waals surface area contributed by atoms with Crippen LogP contribution in [0.25, 0.3) is 0 Å². The summed E-state index contributed by atoms with van der Waals surface area (Å²) in [6.07, 6.45) is 0.635. The number of rotatable bonds is 0. The molecule has 3 rings (SSSR count). The molecule has 1 aromatic rings. The van der Waals surface area contributed by atoms with Crippen LogP contribution in [0.15, 0.2) is 18.2 Å². The quantitative estimate of drug-likeness (QED) is 0.619. The molecule has 3 heteroatoms. The molecule has 2 aliphatic heterocycles. The third-order valence-electron chi connectivity index (χ3n) is 2.84. The predicted octanol–water partition coefficient (Wildman–Crippen LogP) is 1.47. The molecular weight excluding hydrogens is 178 g/mol. The van der Waals surface area contributed by atoms with Crippen molar-refractivity contribution in [3.63, 3.8) is 0 Å². The second-order valence-electron chi connectivity index (χ2n) is 3.66. The number of para-hydroxylation sites is 1. The van der Waals surface area contributed by atoms with E-state index in [1.165, 1.54) is 0 Å². The van der Waals surface area contributed by atoms with Gasteiger partial charge in [-0.3, -0.25) is 4.79 Å². The summed E-state index contributed by atoms with van der Waals surface area (Å²) in [4.78, 5) is 13.9. The molecule has 1 aromatic carbocycles. The Bertz CT molecular complexity index is 400. The second kappa shape index (κ2) is 2.74. The van der Waals surface area contributed by atoms with Crippen molar-refractivity contribution in [2.24, 2.45) is 0 Å². The lowest BCUT2D eigenvalue weighted by molar-refractivity contribution is 0.0977. The van der Waals surface area contributed by atoms with Crippen LogP contribution in [0.1, 0.15) is 16.8 Å². The van der Waals surface area contributed by atoms with Gasteiger partial charge in [0.05, 0.1) is 12.2 Å². The van der Waals surface area contributed by atoms with Crippen molar-refractivity contribution < 1.29 is 9.53 Å². The monoisotopic (exact) mass is 189 g/mol. The number of carbonyl (C=O) groups excluding carboxylic acids is 1. The number of Topliss-reactive ketones (excluding diaryl/α,β-unsaturated/α-hetero) is 1. The summed E-state index contributed by atoms with van der Waals surface area (Å²) >= 11 is 0. The molecule has 0 aliphatic carbocycles. The molecule has 2 heterocycles. The predicted molar refractivity (Wildman–Crippen MR) is 53.1 cm³/mol. The fourth-order valence-corrected chi connectivity index (χ4v) is 2.16. The number of ether oxygens (including phenoxy) is 1. The molecule has 0 unspecified atom stereocenters. The fraction of sp³-hybridized carbons (Fsp3) is 0.364. The van der Waals surface area contributed by atoms with E-state index in [2.05, 4.69) is 4.90 Å². The van der Waals surface area contributed by atoms with Crippen LogP contribution < -0.4 is 9.64 Å². The van der Waals surface area contributed by atoms with Crippen molar-refractivity contribution in [1.82, 2.24) is 0 Å². The number of ketones is 1. The van der Waals surface area contributed by atoms with Gasteiger partial charge >= 0.3 is 0 Å². The highest BCUT2D eigenvalue weighted by atomic mass is 16.5. The largest absolute Gasteiger partial charge is 0.490 e. The first-order valence-corrected chi connectivity index (χ1v) is 4.90. The topological polar surface area (TPSA) is 29.5 Å². The Morgan fingerprint density at radius 2 is 2.21 bits per heavy atom. The Morgan fingerprint density at radius 3 is 3.14 bits per heavy atom. The number of nitrogens with zero attached hydrogens (tertiary/aromatic N) is 1. The molecule has 72 valence electrons. The second-order valence-corrected chi connectivity index (χ2v) is 3.66. The van der Waals surface area contributed by atoms with Crippen LogP contribution in [-0.4, -0.2) is 25.5 Å². The normalized spacial score (nSPS) is 18.9. The SMILES string of the molecule is O=C1CCN2CCOc3cccc1c32. The van der Waals surface area contributed by atoms with Crippen LogP contribution in [0, 0.1) is 0 Å². The van der Waals surface area contributed by atoms with Gasteiger partial charge in [-0.25, -0.2) is 0 Å². The van der Waals surface area contributed by atoms with E-state index < -0.39 is 0 Å². The zero-order valence-electron chi connectivity index (χ0n) is 7.82. The Labute approximate surface area is 82.3 Å². The Balaban J connectivity index is 2.24. The molecule has 0 fully saturated rings. The van der Waals surface area contributed by atoms with Gasteiger partial charge in [-0.2, -0.15) is 0 Å². The molecule has 0 atom stereocenters. The van der Waals surface area contributed by atoms with E-state index in [-0.39, 0.29) is 5.78 Å². The van der Waals surface area contributed by atoms with Gasteiger partial charge in [0, 0.05) is 18.5 Å². The van der Waals surface area contributed by atoms with Crippen LogP contribution >= 0.6 is 0 Å². The van der Waals surface area contributed by atoms with Gasteiger partial charge in [-0.05, 0) is 12.1 Å². The maximum absolute atomic E-state index is 11.6. The highest BCUT2D eigenvalue weighted by Gasteiger charge is 2.28. The smallest absolute Gasteiger partial charge is 0.166 e. The summed E-state index contributed by atoms with van der Waals surface area (Å²) in [6, 6.07) is 5.71. The molecule has 0 aromatic heterocycles. The van der Waals surface area contributed by atoms with E-state index in [9.17, 15) is 4.79 Å². The van der Waals surface area contributed by atoms with Gasteiger partial charge in [0.2, 0.25) is 0 Å². The first-order chi connectivity index (χ1) is 6.86. The summed E-state index contributed by atoms with van der Waals surface area (Å²) in [7, 11) is 0. The highest BCUT2D eigenvalue weighted by Crippen LogP contribution is 2.37. The minimum absolute atomic E-state index is 0.239. The van der Waals surface area contributed by atoms with Gasteiger partial charge in [0.25, 0.3) is 0 Å². The van der Waals surface area contributed by atoms with Gasteiger partial charge in [0.15, 0.2) is 5.78 Å². The maximum atomic E-state index is 11.6. The lowest BCUT2D eigenvalue weighted by Crippen LogP contribution is -2.38. The molecule has 0 saturated carbocycles. The van der Waals surface area contributed by atoms with Crippen LogP contribution in [0.3, 0.4) is 0 Å². The first-order valence-electron chi connectivity index (χ1n) is 4.90. The Kier molecular flexibility index (Phi) is 1.54. The third kappa shape index (κ3) is 0.953. The summed E-state index contributed by atoms with van der Waals surface area (Å²) in [6.45, 7) is 2.47. The minimum atomic E-state index is 0.239. The lowest BCUT2D eigenvalue weighted by Gasteiger charge is -2.35. The molecule has 14 heavy (non-hydrogen) atoms. The first kappa shape index (κ1) is 7.85. The summed E-state index contributed by atoms with van der Waals surface area (Å²) in [5.41, 5.74) is 1.84. The van der Waals surface area contributed by atoms with Crippen molar-refractivity contribution in [1.29, 1.82) is 0 Å². The van der Waals surface area contributed by atoms with E-state index in [0.29, 0.717) is 6.42 Å². The maximum Gasteiger partial charge on any atom is 0.166 e. The standard InChI is InChI=1S/C11H11NO2/c13-9-4-5-12-6-7-14-10-3-1-2-8(9)11(10)12/h1-3H,4-7H2. The Hall–Kier alpha value is -1.51. The van der Waals surface area contributed by atoms with E-state index in [0.717, 1.165) is 36.7 Å². The van der Waals surface area contributed by atoms with Crippen LogP contribution in [0.5, 0.6) is 5.75 Å². The average Bonchev–Trinajstić information content (AvgIpc) is 2.24. The molecule has 0 spiro atoms. The fourth-order valence-electron chi connectivity index (χ4n) is 2.16. The minimum Gasteiger partial charge on any atom is -0.490 e. The number of benzene rings is 1. The van der Waals surface area contributed by atoms with Crippen molar-refractivity contribution >= 4 is 11.5 Å². The molecule has 3 nitrogen and oxygen atoms in total. The number of carbonyl (C=O) groups is 1. The van der Waals surface area contributed by atoms with Crippen molar-refractivity contribution in [3.05, 3.63) is 23.8 Å². The third-order valence-corrected chi connectivity index (χ3v) is 2.84. The molecule has 0 N–H and O–H groups in total.